The number of hydrogen-bond acceptors (Lipinski definition) is 8. The molecule has 0 radical (unpaired) electrons. The number of carboxylic acid groups (broad SMARTS) is 1. The summed E-state index contributed by atoms with van der Waals surface area (Å²) >= 11 is 0. The second-order valence-corrected chi connectivity index (χ2v) is 12.0. The Bertz CT molecular complexity index is 2000. The Kier molecular flexibility index (Phi) is 6.06. The molecular formula is C31H27F2N7O4. The highest BCUT2D eigenvalue weighted by molar-refractivity contribution is 6.09. The van der Waals surface area contributed by atoms with E-state index in [-0.39, 0.29) is 47.9 Å². The van der Waals surface area contributed by atoms with E-state index in [1.165, 1.54) is 35.2 Å². The number of hydrogen-bond donors (Lipinski definition) is 3. The van der Waals surface area contributed by atoms with Crippen LogP contribution >= 0.6 is 0 Å². The number of nitrogens with two attached hydrogens (primary N) is 1. The first-order valence-corrected chi connectivity index (χ1v) is 14.1. The number of nitrogens with one attached hydrogen (secondary N) is 1. The van der Waals surface area contributed by atoms with E-state index in [2.05, 4.69) is 25.4 Å². The molecule has 0 spiro atoms. The van der Waals surface area contributed by atoms with Crippen molar-refractivity contribution in [3.63, 3.8) is 0 Å². The molecular weight excluding hydrogens is 572 g/mol. The summed E-state index contributed by atoms with van der Waals surface area (Å²) in [5, 5.41) is 17.5. The van der Waals surface area contributed by atoms with Gasteiger partial charge in [0.2, 0.25) is 11.8 Å². The van der Waals surface area contributed by atoms with Gasteiger partial charge in [0.15, 0.2) is 11.2 Å². The van der Waals surface area contributed by atoms with Crippen molar-refractivity contribution in [1.29, 1.82) is 0 Å². The van der Waals surface area contributed by atoms with Crippen LogP contribution in [0.25, 0.3) is 22.4 Å². The van der Waals surface area contributed by atoms with Gasteiger partial charge in [0, 0.05) is 17.4 Å². The lowest BCUT2D eigenvalue weighted by atomic mass is 9.77. The van der Waals surface area contributed by atoms with Crippen molar-refractivity contribution in [3.05, 3.63) is 83.1 Å². The zero-order valence-corrected chi connectivity index (χ0v) is 23.8. The molecule has 1 saturated carbocycles. The van der Waals surface area contributed by atoms with Crippen molar-refractivity contribution in [2.75, 3.05) is 11.1 Å². The van der Waals surface area contributed by atoms with Crippen molar-refractivity contribution in [2.45, 2.75) is 45.1 Å². The van der Waals surface area contributed by atoms with Gasteiger partial charge in [0.05, 0.1) is 28.7 Å². The molecule has 44 heavy (non-hydrogen) atoms. The molecule has 13 heteroatoms. The highest BCUT2D eigenvalue weighted by Crippen LogP contribution is 2.57. The molecule has 1 amide bonds. The van der Waals surface area contributed by atoms with Crippen molar-refractivity contribution < 1.29 is 27.9 Å². The van der Waals surface area contributed by atoms with Gasteiger partial charge in [0.1, 0.15) is 35.2 Å². The molecule has 2 aromatic carbocycles. The van der Waals surface area contributed by atoms with E-state index in [4.69, 9.17) is 10.2 Å². The molecule has 5 aromatic rings. The fraction of sp³-hybridized carbons (Fsp3) is 0.290. The largest absolute Gasteiger partial charge is 0.481 e. The minimum atomic E-state index is -1.39. The molecule has 224 valence electrons. The lowest BCUT2D eigenvalue weighted by Crippen LogP contribution is -2.39. The van der Waals surface area contributed by atoms with Gasteiger partial charge in [-0.25, -0.2) is 23.7 Å². The predicted molar refractivity (Wildman–Crippen MR) is 154 cm³/mol. The predicted octanol–water partition coefficient (Wildman–Crippen LogP) is 4.69. The van der Waals surface area contributed by atoms with Crippen molar-refractivity contribution >= 4 is 34.4 Å². The third-order valence-electron chi connectivity index (χ3n) is 8.41. The summed E-state index contributed by atoms with van der Waals surface area (Å²) in [4.78, 5) is 39.3. The summed E-state index contributed by atoms with van der Waals surface area (Å²) in [6, 6.07) is 10.4. The number of nitrogen functional groups attached to an aromatic ring is 1. The van der Waals surface area contributed by atoms with Crippen LogP contribution in [0.2, 0.25) is 0 Å². The average molecular weight is 600 g/mol. The van der Waals surface area contributed by atoms with Gasteiger partial charge in [0.25, 0.3) is 0 Å². The van der Waals surface area contributed by atoms with Crippen LogP contribution in [-0.4, -0.2) is 41.7 Å². The SMILES string of the molecule is CC(C)(Cc1coc(C2(C3CC3)C(=O)Nc3nc(-c4nn(Cc5ccccc5F)c5cc(F)ccc45)nc(N)c32)n1)C(=O)O. The Morgan fingerprint density at radius 2 is 1.95 bits per heavy atom. The average Bonchev–Trinajstić information content (AvgIpc) is 3.50. The van der Waals surface area contributed by atoms with Crippen molar-refractivity contribution in [2.24, 2.45) is 11.3 Å². The molecule has 3 aromatic heterocycles. The molecule has 1 aliphatic carbocycles. The summed E-state index contributed by atoms with van der Waals surface area (Å²) in [5.74, 6) is -2.12. The summed E-state index contributed by atoms with van der Waals surface area (Å²) in [5.41, 5.74) is 5.86. The molecule has 7 rings (SSSR count). The number of amides is 1. The van der Waals surface area contributed by atoms with Gasteiger partial charge in [-0.1, -0.05) is 18.2 Å². The number of aromatic nitrogens is 5. The van der Waals surface area contributed by atoms with Gasteiger partial charge in [-0.3, -0.25) is 14.3 Å². The number of fused-ring (bicyclic) bond motifs is 2. The second-order valence-electron chi connectivity index (χ2n) is 12.0. The van der Waals surface area contributed by atoms with Gasteiger partial charge < -0.3 is 20.6 Å². The Morgan fingerprint density at radius 1 is 1.18 bits per heavy atom. The van der Waals surface area contributed by atoms with E-state index in [0.717, 1.165) is 0 Å². The summed E-state index contributed by atoms with van der Waals surface area (Å²) in [7, 11) is 0. The van der Waals surface area contributed by atoms with Gasteiger partial charge in [-0.05, 0) is 56.9 Å². The zero-order chi connectivity index (χ0) is 31.0. The van der Waals surface area contributed by atoms with Gasteiger partial charge in [-0.15, -0.1) is 0 Å². The first-order chi connectivity index (χ1) is 21.0. The number of carbonyl (C=O) groups is 2. The number of carboxylic acids is 1. The Labute approximate surface area is 249 Å². The number of anilines is 2. The van der Waals surface area contributed by atoms with Crippen LogP contribution in [0.3, 0.4) is 0 Å². The molecule has 2 aliphatic rings. The number of carbonyl (C=O) groups excluding carboxylic acids is 1. The maximum absolute atomic E-state index is 14.5. The summed E-state index contributed by atoms with van der Waals surface area (Å²) in [6.07, 6.45) is 2.88. The van der Waals surface area contributed by atoms with Crippen LogP contribution in [0.1, 0.15) is 49.4 Å². The topological polar surface area (TPSA) is 162 Å². The number of halogens is 2. The van der Waals surface area contributed by atoms with Crippen LogP contribution in [0, 0.1) is 23.0 Å². The number of aliphatic carboxylic acids is 1. The van der Waals surface area contributed by atoms with Crippen LogP contribution in [0.15, 0.2) is 53.1 Å². The smallest absolute Gasteiger partial charge is 0.309 e. The molecule has 1 aliphatic heterocycles. The first-order valence-electron chi connectivity index (χ1n) is 14.1. The van der Waals surface area contributed by atoms with Crippen molar-refractivity contribution in [3.8, 4) is 11.5 Å². The Hall–Kier alpha value is -5.20. The number of nitrogens with zero attached hydrogens (tertiary/aromatic N) is 5. The quantitative estimate of drug-likeness (QED) is 0.230. The molecule has 0 saturated heterocycles. The van der Waals surface area contributed by atoms with Crippen LogP contribution in [0.4, 0.5) is 20.4 Å². The third kappa shape index (κ3) is 4.21. The fourth-order valence-electron chi connectivity index (χ4n) is 5.99. The molecule has 1 unspecified atom stereocenters. The lowest BCUT2D eigenvalue weighted by Gasteiger charge is -2.24. The van der Waals surface area contributed by atoms with Gasteiger partial charge >= 0.3 is 5.97 Å². The molecule has 0 bridgehead atoms. The van der Waals surface area contributed by atoms with E-state index in [1.807, 2.05) is 0 Å². The van der Waals surface area contributed by atoms with E-state index in [0.29, 0.717) is 40.6 Å². The Balaban J connectivity index is 1.33. The molecule has 4 heterocycles. The maximum Gasteiger partial charge on any atom is 0.309 e. The fourth-order valence-corrected chi connectivity index (χ4v) is 5.99. The summed E-state index contributed by atoms with van der Waals surface area (Å²) < 4.78 is 36.2. The van der Waals surface area contributed by atoms with E-state index in [1.54, 1.807) is 32.0 Å². The highest BCUT2D eigenvalue weighted by Gasteiger charge is 2.62. The molecule has 1 fully saturated rings. The van der Waals surface area contributed by atoms with Crippen LogP contribution in [0.5, 0.6) is 0 Å². The molecule has 1 atom stereocenters. The normalized spacial score (nSPS) is 18.0. The zero-order valence-electron chi connectivity index (χ0n) is 23.8. The number of benzene rings is 2. The third-order valence-corrected chi connectivity index (χ3v) is 8.41. The standard InChI is InChI=1S/C31H27F2N7O4/c1-30(2,29(42)43)12-18-14-44-28(35-18)31(16-7-8-16)22-24(34)36-26(37-25(22)38-27(31)41)23-19-10-9-17(32)11-21(19)40(39-23)13-15-5-3-4-6-20(15)33/h3-6,9-11,14,16H,7-8,12-13H2,1-2H3,(H,42,43)(H3,34,36,37,38,41). The molecule has 11 nitrogen and oxygen atoms in total. The number of oxazole rings is 1. The Morgan fingerprint density at radius 3 is 2.68 bits per heavy atom. The monoisotopic (exact) mass is 599 g/mol. The highest BCUT2D eigenvalue weighted by atomic mass is 19.1. The van der Waals surface area contributed by atoms with Crippen LogP contribution in [-0.2, 0) is 28.0 Å². The van der Waals surface area contributed by atoms with E-state index >= 15 is 0 Å². The van der Waals surface area contributed by atoms with E-state index < -0.39 is 34.3 Å². The van der Waals surface area contributed by atoms with E-state index in [9.17, 15) is 23.5 Å². The number of rotatable bonds is 8. The molecule has 4 N–H and O–H groups in total. The van der Waals surface area contributed by atoms with Crippen molar-refractivity contribution in [1.82, 2.24) is 24.7 Å². The maximum atomic E-state index is 14.5. The minimum absolute atomic E-state index is 0.0137. The van der Waals surface area contributed by atoms with Crippen LogP contribution < -0.4 is 11.1 Å². The summed E-state index contributed by atoms with van der Waals surface area (Å²) in [6.45, 7) is 3.20. The second kappa shape index (κ2) is 9.66. The first kappa shape index (κ1) is 27.6. The van der Waals surface area contributed by atoms with Gasteiger partial charge in [-0.2, -0.15) is 5.10 Å². The lowest BCUT2D eigenvalue weighted by molar-refractivity contribution is -0.146. The minimum Gasteiger partial charge on any atom is -0.481 e.